The number of ether oxygens (including phenoxy) is 1. The molecule has 6 nitrogen and oxygen atoms in total. The molecule has 0 aromatic heterocycles. The van der Waals surface area contributed by atoms with Crippen LogP contribution in [-0.4, -0.2) is 50.5 Å². The smallest absolute Gasteiger partial charge is 0.406 e. The monoisotopic (exact) mass is 458 g/mol. The van der Waals surface area contributed by atoms with Crippen LogP contribution in [0.3, 0.4) is 0 Å². The van der Waals surface area contributed by atoms with Crippen LogP contribution in [0.5, 0.6) is 5.75 Å². The number of β-amino-alcohol motifs (C(OH)–C–C–N with tert-alkyl or cyclic N) is 1. The van der Waals surface area contributed by atoms with Crippen molar-refractivity contribution in [1.82, 2.24) is 9.62 Å². The minimum Gasteiger partial charge on any atom is -0.406 e. The molecule has 1 heterocycles. The maximum absolute atomic E-state index is 13.1. The molecule has 0 amide bonds. The molecule has 1 aliphatic rings. The van der Waals surface area contributed by atoms with E-state index in [1.807, 2.05) is 35.2 Å². The van der Waals surface area contributed by atoms with Gasteiger partial charge < -0.3 is 9.84 Å². The third-order valence-corrected chi connectivity index (χ3v) is 7.06. The van der Waals surface area contributed by atoms with Crippen LogP contribution in [0.2, 0.25) is 0 Å². The first kappa shape index (κ1) is 23.5. The van der Waals surface area contributed by atoms with Crippen molar-refractivity contribution in [1.29, 1.82) is 0 Å². The number of nitrogens with one attached hydrogen (secondary N) is 1. The molecule has 1 fully saturated rings. The summed E-state index contributed by atoms with van der Waals surface area (Å²) in [5.74, 6) is -0.413. The largest absolute Gasteiger partial charge is 0.573 e. The minimum atomic E-state index is -4.81. The number of aliphatic hydroxyl groups is 1. The lowest BCUT2D eigenvalue weighted by atomic mass is 10.1. The van der Waals surface area contributed by atoms with Gasteiger partial charge in [0, 0.05) is 19.6 Å². The van der Waals surface area contributed by atoms with E-state index in [9.17, 15) is 26.7 Å². The van der Waals surface area contributed by atoms with Crippen molar-refractivity contribution >= 4 is 10.0 Å². The Hall–Kier alpha value is -2.14. The molecule has 0 aliphatic carbocycles. The van der Waals surface area contributed by atoms with Gasteiger partial charge >= 0.3 is 6.36 Å². The molecule has 31 heavy (non-hydrogen) atoms. The van der Waals surface area contributed by atoms with Gasteiger partial charge in [0.25, 0.3) is 0 Å². The molecule has 1 saturated heterocycles. The van der Waals surface area contributed by atoms with Crippen LogP contribution in [0.1, 0.15) is 35.8 Å². The maximum atomic E-state index is 13.1. The molecule has 2 N–H and O–H groups in total. The number of halogens is 3. The Morgan fingerprint density at radius 3 is 2.32 bits per heavy atom. The third kappa shape index (κ3) is 6.67. The molecule has 2 aromatic carbocycles. The molecule has 0 radical (unpaired) electrons. The van der Waals surface area contributed by atoms with Crippen molar-refractivity contribution < 1.29 is 31.4 Å². The van der Waals surface area contributed by atoms with Crippen LogP contribution < -0.4 is 9.46 Å². The number of sulfonamides is 1. The number of hydrogen-bond acceptors (Lipinski definition) is 5. The van der Waals surface area contributed by atoms with Crippen LogP contribution in [0, 0.1) is 0 Å². The standard InChI is InChI=1S/C21H25F3N2O4S/c1-15(16-7-9-19(10-8-16)30-21(22,23)24)31(28,29)25-20(17-5-3-2-4-6-17)14-26-12-11-18(27)13-26/h2-10,15,18,20,25,27H,11-14H2,1H3. The summed E-state index contributed by atoms with van der Waals surface area (Å²) in [6, 6.07) is 13.4. The van der Waals surface area contributed by atoms with Crippen molar-refractivity contribution in [2.75, 3.05) is 19.6 Å². The molecular formula is C21H25F3N2O4S. The summed E-state index contributed by atoms with van der Waals surface area (Å²) in [6.45, 7) is 3.01. The third-order valence-electron chi connectivity index (χ3n) is 5.25. The summed E-state index contributed by atoms with van der Waals surface area (Å²) < 4.78 is 69.7. The first-order valence-electron chi connectivity index (χ1n) is 9.86. The van der Waals surface area contributed by atoms with E-state index >= 15 is 0 Å². The molecular weight excluding hydrogens is 433 g/mol. The summed E-state index contributed by atoms with van der Waals surface area (Å²) >= 11 is 0. The van der Waals surface area contributed by atoms with E-state index in [4.69, 9.17) is 0 Å². The molecule has 3 rings (SSSR count). The highest BCUT2D eigenvalue weighted by atomic mass is 32.2. The van der Waals surface area contributed by atoms with Gasteiger partial charge in [-0.1, -0.05) is 42.5 Å². The van der Waals surface area contributed by atoms with Crippen LogP contribution in [-0.2, 0) is 10.0 Å². The lowest BCUT2D eigenvalue weighted by Gasteiger charge is -2.26. The van der Waals surface area contributed by atoms with Gasteiger partial charge in [-0.15, -0.1) is 13.2 Å². The second kappa shape index (κ2) is 9.56. The fraction of sp³-hybridized carbons (Fsp3) is 0.429. The fourth-order valence-corrected chi connectivity index (χ4v) is 4.88. The Morgan fingerprint density at radius 2 is 1.77 bits per heavy atom. The zero-order valence-corrected chi connectivity index (χ0v) is 17.7. The van der Waals surface area contributed by atoms with Crippen molar-refractivity contribution in [2.24, 2.45) is 0 Å². The molecule has 10 heteroatoms. The molecule has 170 valence electrons. The van der Waals surface area contributed by atoms with Crippen LogP contribution in [0.25, 0.3) is 0 Å². The lowest BCUT2D eigenvalue weighted by Crippen LogP contribution is -2.39. The number of hydrogen-bond donors (Lipinski definition) is 2. The number of alkyl halides is 3. The Balaban J connectivity index is 1.76. The van der Waals surface area contributed by atoms with Crippen molar-refractivity contribution in [3.63, 3.8) is 0 Å². The van der Waals surface area contributed by atoms with Gasteiger partial charge in [-0.3, -0.25) is 4.90 Å². The predicted octanol–water partition coefficient (Wildman–Crippen LogP) is 3.37. The maximum Gasteiger partial charge on any atom is 0.573 e. The average Bonchev–Trinajstić information content (AvgIpc) is 3.11. The van der Waals surface area contributed by atoms with Gasteiger partial charge in [0.1, 0.15) is 5.75 Å². The minimum absolute atomic E-state index is 0.338. The van der Waals surface area contributed by atoms with Gasteiger partial charge in [0.05, 0.1) is 17.4 Å². The van der Waals surface area contributed by atoms with E-state index in [0.717, 1.165) is 17.7 Å². The quantitative estimate of drug-likeness (QED) is 0.634. The Labute approximate surface area is 179 Å². The normalized spacial score (nSPS) is 19.8. The van der Waals surface area contributed by atoms with Gasteiger partial charge in [-0.2, -0.15) is 0 Å². The highest BCUT2D eigenvalue weighted by molar-refractivity contribution is 7.89. The van der Waals surface area contributed by atoms with Gasteiger partial charge in [-0.05, 0) is 36.6 Å². The number of rotatable bonds is 8. The zero-order valence-electron chi connectivity index (χ0n) is 16.9. The second-order valence-corrected chi connectivity index (χ2v) is 9.62. The number of aliphatic hydroxyl groups excluding tert-OH is 1. The molecule has 0 saturated carbocycles. The Kier molecular flexibility index (Phi) is 7.25. The number of benzene rings is 2. The van der Waals surface area contributed by atoms with E-state index in [2.05, 4.69) is 9.46 Å². The summed E-state index contributed by atoms with van der Waals surface area (Å²) in [7, 11) is -3.87. The predicted molar refractivity (Wildman–Crippen MR) is 110 cm³/mol. The first-order chi connectivity index (χ1) is 14.5. The Bertz CT molecular complexity index is 953. The van der Waals surface area contributed by atoms with Crippen LogP contribution in [0.4, 0.5) is 13.2 Å². The zero-order chi connectivity index (χ0) is 22.6. The summed E-state index contributed by atoms with van der Waals surface area (Å²) in [6.07, 6.45) is -4.60. The van der Waals surface area contributed by atoms with Gasteiger partial charge in [-0.25, -0.2) is 13.1 Å². The Morgan fingerprint density at radius 1 is 1.13 bits per heavy atom. The molecule has 1 aliphatic heterocycles. The van der Waals surface area contributed by atoms with Gasteiger partial charge in [0.2, 0.25) is 10.0 Å². The molecule has 0 bridgehead atoms. The summed E-state index contributed by atoms with van der Waals surface area (Å²) in [5, 5.41) is 8.79. The van der Waals surface area contributed by atoms with E-state index in [0.29, 0.717) is 31.6 Å². The SMILES string of the molecule is CC(c1ccc(OC(F)(F)F)cc1)S(=O)(=O)NC(CN1CCC(O)C1)c1ccccc1. The fourth-order valence-electron chi connectivity index (χ4n) is 3.55. The van der Waals surface area contributed by atoms with Crippen molar-refractivity contribution in [3.05, 3.63) is 65.7 Å². The molecule has 2 aromatic rings. The lowest BCUT2D eigenvalue weighted by molar-refractivity contribution is -0.274. The summed E-state index contributed by atoms with van der Waals surface area (Å²) in [5.41, 5.74) is 1.12. The van der Waals surface area contributed by atoms with Crippen molar-refractivity contribution in [2.45, 2.75) is 37.1 Å². The second-order valence-electron chi connectivity index (χ2n) is 7.59. The molecule has 3 unspecified atom stereocenters. The van der Waals surface area contributed by atoms with Crippen LogP contribution in [0.15, 0.2) is 54.6 Å². The van der Waals surface area contributed by atoms with E-state index in [-0.39, 0.29) is 0 Å². The summed E-state index contributed by atoms with van der Waals surface area (Å²) in [4.78, 5) is 2.00. The molecule has 0 spiro atoms. The number of likely N-dealkylation sites (tertiary alicyclic amines) is 1. The number of nitrogens with zero attached hydrogens (tertiary/aromatic N) is 1. The average molecular weight is 459 g/mol. The highest BCUT2D eigenvalue weighted by Crippen LogP contribution is 2.28. The van der Waals surface area contributed by atoms with E-state index in [1.165, 1.54) is 19.1 Å². The van der Waals surface area contributed by atoms with Gasteiger partial charge in [0.15, 0.2) is 0 Å². The first-order valence-corrected chi connectivity index (χ1v) is 11.4. The van der Waals surface area contributed by atoms with Crippen molar-refractivity contribution in [3.8, 4) is 5.75 Å². The molecule has 3 atom stereocenters. The topological polar surface area (TPSA) is 78.9 Å². The van der Waals surface area contributed by atoms with Crippen LogP contribution >= 0.6 is 0 Å². The highest BCUT2D eigenvalue weighted by Gasteiger charge is 2.32. The van der Waals surface area contributed by atoms with E-state index < -0.39 is 39.5 Å². The van der Waals surface area contributed by atoms with E-state index in [1.54, 1.807) is 0 Å².